The van der Waals surface area contributed by atoms with Gasteiger partial charge >= 0.3 is 0 Å². The number of nitrogens with one attached hydrogen (secondary N) is 1. The molecule has 0 spiro atoms. The van der Waals surface area contributed by atoms with Crippen LogP contribution in [0.3, 0.4) is 0 Å². The highest BCUT2D eigenvalue weighted by Crippen LogP contribution is 2.22. The van der Waals surface area contributed by atoms with Gasteiger partial charge in [-0.1, -0.05) is 18.2 Å². The predicted molar refractivity (Wildman–Crippen MR) is 93.2 cm³/mol. The molecular formula is C20H18F4N2O2. The van der Waals surface area contributed by atoms with Gasteiger partial charge in [-0.25, -0.2) is 17.6 Å². The minimum Gasteiger partial charge on any atom is -0.352 e. The number of amides is 2. The average Bonchev–Trinajstić information content (AvgIpc) is 2.71. The molecule has 2 amide bonds. The summed E-state index contributed by atoms with van der Waals surface area (Å²) in [7, 11) is 0. The van der Waals surface area contributed by atoms with Gasteiger partial charge in [-0.05, 0) is 31.0 Å². The SMILES string of the molecule is O=C(NCc1ccccc1F)C1CCN(C(=O)c2ccc(F)c(F)c2F)CC1. The van der Waals surface area contributed by atoms with Crippen molar-refractivity contribution in [2.75, 3.05) is 13.1 Å². The third-order valence-corrected chi connectivity index (χ3v) is 4.83. The van der Waals surface area contributed by atoms with Crippen molar-refractivity contribution in [2.24, 2.45) is 5.92 Å². The van der Waals surface area contributed by atoms with Crippen molar-refractivity contribution in [3.05, 3.63) is 70.8 Å². The molecule has 28 heavy (non-hydrogen) atoms. The zero-order chi connectivity index (χ0) is 20.3. The van der Waals surface area contributed by atoms with E-state index in [0.717, 1.165) is 6.07 Å². The molecule has 4 nitrogen and oxygen atoms in total. The minimum absolute atomic E-state index is 0.0602. The second kappa shape index (κ2) is 8.41. The van der Waals surface area contributed by atoms with Crippen molar-refractivity contribution in [1.82, 2.24) is 10.2 Å². The number of piperidine rings is 1. The van der Waals surface area contributed by atoms with E-state index in [0.29, 0.717) is 24.5 Å². The highest BCUT2D eigenvalue weighted by molar-refractivity contribution is 5.94. The summed E-state index contributed by atoms with van der Waals surface area (Å²) >= 11 is 0. The van der Waals surface area contributed by atoms with Gasteiger partial charge in [-0.15, -0.1) is 0 Å². The maximum atomic E-state index is 13.8. The molecule has 1 N–H and O–H groups in total. The molecule has 0 saturated carbocycles. The number of carbonyl (C=O) groups is 2. The number of likely N-dealkylation sites (tertiary alicyclic amines) is 1. The van der Waals surface area contributed by atoms with Gasteiger partial charge in [0, 0.05) is 31.1 Å². The Kier molecular flexibility index (Phi) is 5.96. The van der Waals surface area contributed by atoms with Crippen LogP contribution in [0.15, 0.2) is 36.4 Å². The van der Waals surface area contributed by atoms with Crippen LogP contribution in [0.4, 0.5) is 17.6 Å². The maximum absolute atomic E-state index is 13.8. The molecule has 1 aliphatic rings. The lowest BCUT2D eigenvalue weighted by Gasteiger charge is -2.31. The van der Waals surface area contributed by atoms with Crippen LogP contribution in [-0.2, 0) is 11.3 Å². The molecule has 1 fully saturated rings. The third kappa shape index (κ3) is 4.16. The van der Waals surface area contributed by atoms with Gasteiger partial charge in [0.05, 0.1) is 5.56 Å². The number of benzene rings is 2. The Balaban J connectivity index is 1.55. The topological polar surface area (TPSA) is 49.4 Å². The van der Waals surface area contributed by atoms with E-state index in [1.807, 2.05) is 0 Å². The van der Waals surface area contributed by atoms with E-state index in [1.165, 1.54) is 11.0 Å². The standard InChI is InChI=1S/C20H18F4N2O2/c21-15-4-2-1-3-13(15)11-25-19(27)12-7-9-26(10-8-12)20(28)14-5-6-16(22)18(24)17(14)23/h1-6,12H,7-11H2,(H,25,27). The number of nitrogens with zero attached hydrogens (tertiary/aromatic N) is 1. The van der Waals surface area contributed by atoms with E-state index in [1.54, 1.807) is 18.2 Å². The zero-order valence-corrected chi connectivity index (χ0v) is 14.9. The monoisotopic (exact) mass is 394 g/mol. The maximum Gasteiger partial charge on any atom is 0.256 e. The smallest absolute Gasteiger partial charge is 0.256 e. The molecule has 0 bridgehead atoms. The van der Waals surface area contributed by atoms with Gasteiger partial charge in [0.1, 0.15) is 5.82 Å². The molecule has 8 heteroatoms. The van der Waals surface area contributed by atoms with Gasteiger partial charge in [-0.3, -0.25) is 9.59 Å². The molecule has 1 aliphatic heterocycles. The van der Waals surface area contributed by atoms with E-state index < -0.39 is 34.7 Å². The molecule has 0 atom stereocenters. The van der Waals surface area contributed by atoms with Crippen LogP contribution >= 0.6 is 0 Å². The quantitative estimate of drug-likeness (QED) is 0.638. The molecule has 148 valence electrons. The van der Waals surface area contributed by atoms with Crippen molar-refractivity contribution in [3.63, 3.8) is 0 Å². The summed E-state index contributed by atoms with van der Waals surface area (Å²) in [4.78, 5) is 25.9. The second-order valence-electron chi connectivity index (χ2n) is 6.60. The lowest BCUT2D eigenvalue weighted by molar-refractivity contribution is -0.126. The first kappa shape index (κ1) is 19.9. The van der Waals surface area contributed by atoms with Crippen LogP contribution in [-0.4, -0.2) is 29.8 Å². The highest BCUT2D eigenvalue weighted by atomic mass is 19.2. The Morgan fingerprint density at radius 3 is 2.29 bits per heavy atom. The first-order chi connectivity index (χ1) is 13.4. The van der Waals surface area contributed by atoms with E-state index in [4.69, 9.17) is 0 Å². The summed E-state index contributed by atoms with van der Waals surface area (Å²) in [5, 5.41) is 2.67. The summed E-state index contributed by atoms with van der Waals surface area (Å²) in [6.45, 7) is 0.412. The van der Waals surface area contributed by atoms with Crippen molar-refractivity contribution >= 4 is 11.8 Å². The molecule has 3 rings (SSSR count). The summed E-state index contributed by atoms with van der Waals surface area (Å²) in [6.07, 6.45) is 0.667. The van der Waals surface area contributed by atoms with E-state index >= 15 is 0 Å². The van der Waals surface area contributed by atoms with Gasteiger partial charge in [-0.2, -0.15) is 0 Å². The second-order valence-corrected chi connectivity index (χ2v) is 6.60. The van der Waals surface area contributed by atoms with Crippen LogP contribution in [0, 0.1) is 29.2 Å². The van der Waals surface area contributed by atoms with Crippen molar-refractivity contribution in [3.8, 4) is 0 Å². The first-order valence-electron chi connectivity index (χ1n) is 8.82. The molecule has 1 saturated heterocycles. The van der Waals surface area contributed by atoms with Gasteiger partial charge in [0.15, 0.2) is 17.5 Å². The molecule has 0 aliphatic carbocycles. The molecule has 2 aromatic rings. The van der Waals surface area contributed by atoms with Gasteiger partial charge < -0.3 is 10.2 Å². The lowest BCUT2D eigenvalue weighted by Crippen LogP contribution is -2.43. The number of rotatable bonds is 4. The van der Waals surface area contributed by atoms with Crippen LogP contribution in [0.5, 0.6) is 0 Å². The summed E-state index contributed by atoms with van der Waals surface area (Å²) in [5.41, 5.74) is -0.168. The van der Waals surface area contributed by atoms with Crippen LogP contribution in [0.25, 0.3) is 0 Å². The Morgan fingerprint density at radius 2 is 1.61 bits per heavy atom. The van der Waals surface area contributed by atoms with Crippen molar-refractivity contribution < 1.29 is 27.2 Å². The fourth-order valence-electron chi connectivity index (χ4n) is 3.17. The number of carbonyl (C=O) groups excluding carboxylic acids is 2. The molecule has 0 radical (unpaired) electrons. The van der Waals surface area contributed by atoms with Crippen LogP contribution < -0.4 is 5.32 Å². The van der Waals surface area contributed by atoms with E-state index in [9.17, 15) is 27.2 Å². The average molecular weight is 394 g/mol. The highest BCUT2D eigenvalue weighted by Gasteiger charge is 2.30. The molecule has 2 aromatic carbocycles. The Hall–Kier alpha value is -2.90. The predicted octanol–water partition coefficient (Wildman–Crippen LogP) is 3.41. The third-order valence-electron chi connectivity index (χ3n) is 4.83. The lowest BCUT2D eigenvalue weighted by atomic mass is 9.95. The fraction of sp³-hybridized carbons (Fsp3) is 0.300. The number of halogens is 4. The van der Waals surface area contributed by atoms with Crippen LogP contribution in [0.1, 0.15) is 28.8 Å². The van der Waals surface area contributed by atoms with Crippen LogP contribution in [0.2, 0.25) is 0 Å². The molecular weight excluding hydrogens is 376 g/mol. The Morgan fingerprint density at radius 1 is 0.929 bits per heavy atom. The van der Waals surface area contributed by atoms with E-state index in [2.05, 4.69) is 5.32 Å². The summed E-state index contributed by atoms with van der Waals surface area (Å²) in [6, 6.07) is 7.73. The minimum atomic E-state index is -1.69. The first-order valence-corrected chi connectivity index (χ1v) is 8.82. The molecule has 0 aromatic heterocycles. The molecule has 1 heterocycles. The Labute approximate surface area is 159 Å². The summed E-state index contributed by atoms with van der Waals surface area (Å²) < 4.78 is 53.8. The summed E-state index contributed by atoms with van der Waals surface area (Å²) in [5.74, 6) is -6.35. The van der Waals surface area contributed by atoms with Gasteiger partial charge in [0.25, 0.3) is 5.91 Å². The van der Waals surface area contributed by atoms with Crippen molar-refractivity contribution in [1.29, 1.82) is 0 Å². The molecule has 0 unspecified atom stereocenters. The Bertz CT molecular complexity index is 896. The number of hydrogen-bond acceptors (Lipinski definition) is 2. The van der Waals surface area contributed by atoms with Crippen molar-refractivity contribution in [2.45, 2.75) is 19.4 Å². The van der Waals surface area contributed by atoms with Gasteiger partial charge in [0.2, 0.25) is 5.91 Å². The van der Waals surface area contributed by atoms with E-state index in [-0.39, 0.29) is 31.5 Å². The largest absolute Gasteiger partial charge is 0.352 e. The fourth-order valence-corrected chi connectivity index (χ4v) is 3.17. The zero-order valence-electron chi connectivity index (χ0n) is 14.9. The normalized spacial score (nSPS) is 14.8. The number of hydrogen-bond donors (Lipinski definition) is 1.